The fourth-order valence-electron chi connectivity index (χ4n) is 1.62. The van der Waals surface area contributed by atoms with Crippen LogP contribution in [-0.2, 0) is 4.74 Å². The van der Waals surface area contributed by atoms with Crippen LogP contribution in [-0.4, -0.2) is 36.3 Å². The van der Waals surface area contributed by atoms with Crippen molar-refractivity contribution in [1.82, 2.24) is 5.32 Å². The fourth-order valence-corrected chi connectivity index (χ4v) is 2.64. The van der Waals surface area contributed by atoms with Crippen molar-refractivity contribution in [3.63, 3.8) is 0 Å². The van der Waals surface area contributed by atoms with Gasteiger partial charge in [0.1, 0.15) is 0 Å². The molecule has 1 N–H and O–H groups in total. The second-order valence-corrected chi connectivity index (χ2v) is 5.97. The molecule has 0 bridgehead atoms. The van der Waals surface area contributed by atoms with Crippen molar-refractivity contribution in [2.24, 2.45) is 0 Å². The maximum atomic E-state index is 5.61. The molecule has 1 fully saturated rings. The van der Waals surface area contributed by atoms with E-state index in [0.29, 0.717) is 17.4 Å². The molecule has 0 radical (unpaired) electrons. The van der Waals surface area contributed by atoms with E-state index in [-0.39, 0.29) is 0 Å². The average Bonchev–Trinajstić information content (AvgIpc) is 2.75. The fraction of sp³-hybridized carbons (Fsp3) is 1.00. The smallest absolute Gasteiger partial charge is 0.0666 e. The summed E-state index contributed by atoms with van der Waals surface area (Å²) in [6.45, 7) is 8.87. The molecule has 1 rings (SSSR count). The van der Waals surface area contributed by atoms with Crippen LogP contribution in [0.15, 0.2) is 0 Å². The van der Waals surface area contributed by atoms with Gasteiger partial charge in [0.25, 0.3) is 0 Å². The lowest BCUT2D eigenvalue weighted by Crippen LogP contribution is -2.31. The van der Waals surface area contributed by atoms with Gasteiger partial charge in [-0.25, -0.2) is 0 Å². The van der Waals surface area contributed by atoms with Crippen molar-refractivity contribution in [2.45, 2.75) is 57.4 Å². The van der Waals surface area contributed by atoms with Crippen molar-refractivity contribution >= 4 is 11.8 Å². The summed E-state index contributed by atoms with van der Waals surface area (Å²) in [6.07, 6.45) is 4.26. The summed E-state index contributed by atoms with van der Waals surface area (Å²) in [6, 6.07) is 0.649. The van der Waals surface area contributed by atoms with Crippen molar-refractivity contribution in [3.8, 4) is 0 Å². The molecule has 0 aromatic rings. The van der Waals surface area contributed by atoms with E-state index < -0.39 is 0 Å². The Morgan fingerprint density at radius 1 is 1.47 bits per heavy atom. The van der Waals surface area contributed by atoms with Gasteiger partial charge < -0.3 is 10.1 Å². The Morgan fingerprint density at radius 3 is 2.87 bits per heavy atom. The van der Waals surface area contributed by atoms with Crippen LogP contribution in [0.3, 0.4) is 0 Å². The maximum Gasteiger partial charge on any atom is 0.0666 e. The molecule has 3 atom stereocenters. The van der Waals surface area contributed by atoms with Gasteiger partial charge in [-0.3, -0.25) is 0 Å². The van der Waals surface area contributed by atoms with Crippen LogP contribution in [0.5, 0.6) is 0 Å². The number of hydrogen-bond acceptors (Lipinski definition) is 3. The van der Waals surface area contributed by atoms with E-state index in [1.165, 1.54) is 25.0 Å². The highest BCUT2D eigenvalue weighted by atomic mass is 32.2. The van der Waals surface area contributed by atoms with Gasteiger partial charge in [-0.15, -0.1) is 0 Å². The molecule has 1 heterocycles. The van der Waals surface area contributed by atoms with E-state index in [4.69, 9.17) is 4.74 Å². The van der Waals surface area contributed by atoms with E-state index in [2.05, 4.69) is 26.1 Å². The zero-order valence-corrected chi connectivity index (χ0v) is 11.1. The van der Waals surface area contributed by atoms with Gasteiger partial charge in [0, 0.05) is 30.2 Å². The van der Waals surface area contributed by atoms with Crippen molar-refractivity contribution < 1.29 is 4.74 Å². The average molecular weight is 231 g/mol. The van der Waals surface area contributed by atoms with Crippen molar-refractivity contribution in [3.05, 3.63) is 0 Å². The summed E-state index contributed by atoms with van der Waals surface area (Å²) in [5.74, 6) is 1.17. The van der Waals surface area contributed by atoms with Crippen LogP contribution in [0.25, 0.3) is 0 Å². The molecular weight excluding hydrogens is 206 g/mol. The first-order valence-corrected chi connectivity index (χ1v) is 7.23. The normalized spacial score (nSPS) is 25.4. The van der Waals surface area contributed by atoms with E-state index in [1.54, 1.807) is 0 Å². The molecule has 0 amide bonds. The minimum absolute atomic E-state index is 0.529. The second kappa shape index (κ2) is 7.53. The van der Waals surface area contributed by atoms with Crippen LogP contribution >= 0.6 is 11.8 Å². The molecule has 0 aromatic heterocycles. The van der Waals surface area contributed by atoms with Gasteiger partial charge in [0.15, 0.2) is 0 Å². The minimum atomic E-state index is 0.529. The Hall–Kier alpha value is 0.270. The van der Waals surface area contributed by atoms with Crippen molar-refractivity contribution in [1.29, 1.82) is 0 Å². The van der Waals surface area contributed by atoms with E-state index in [0.717, 1.165) is 13.2 Å². The lowest BCUT2D eigenvalue weighted by Gasteiger charge is -2.17. The van der Waals surface area contributed by atoms with E-state index in [9.17, 15) is 0 Å². The summed E-state index contributed by atoms with van der Waals surface area (Å²) in [5, 5.41) is 4.24. The Labute approximate surface area is 98.5 Å². The third-order valence-corrected chi connectivity index (χ3v) is 4.26. The molecule has 1 aliphatic heterocycles. The molecule has 0 spiro atoms. The van der Waals surface area contributed by atoms with Gasteiger partial charge in [-0.05, 0) is 26.2 Å². The molecule has 15 heavy (non-hydrogen) atoms. The Kier molecular flexibility index (Phi) is 6.69. The summed E-state index contributed by atoms with van der Waals surface area (Å²) in [5.41, 5.74) is 0. The molecule has 0 aromatic carbocycles. The molecule has 3 heteroatoms. The molecule has 0 saturated carbocycles. The molecule has 3 unspecified atom stereocenters. The first kappa shape index (κ1) is 13.3. The first-order chi connectivity index (χ1) is 7.22. The lowest BCUT2D eigenvalue weighted by molar-refractivity contribution is 0.129. The molecule has 2 nitrogen and oxygen atoms in total. The largest absolute Gasteiger partial charge is 0.377 e. The van der Waals surface area contributed by atoms with E-state index in [1.807, 2.05) is 11.8 Å². The monoisotopic (exact) mass is 231 g/mol. The summed E-state index contributed by atoms with van der Waals surface area (Å²) in [4.78, 5) is 0. The van der Waals surface area contributed by atoms with Crippen LogP contribution < -0.4 is 5.32 Å². The maximum absolute atomic E-state index is 5.61. The quantitative estimate of drug-likeness (QED) is 0.728. The summed E-state index contributed by atoms with van der Waals surface area (Å²) >= 11 is 2.04. The van der Waals surface area contributed by atoms with Gasteiger partial charge in [0.05, 0.1) is 6.10 Å². The molecular formula is C12H25NOS. The minimum Gasteiger partial charge on any atom is -0.377 e. The highest BCUT2D eigenvalue weighted by Crippen LogP contribution is 2.19. The highest BCUT2D eigenvalue weighted by Gasteiger charge is 2.16. The van der Waals surface area contributed by atoms with Gasteiger partial charge in [0.2, 0.25) is 0 Å². The summed E-state index contributed by atoms with van der Waals surface area (Å²) in [7, 11) is 0. The molecule has 90 valence electrons. The third kappa shape index (κ3) is 5.79. The third-order valence-electron chi connectivity index (χ3n) is 2.96. The molecule has 0 aliphatic carbocycles. The topological polar surface area (TPSA) is 21.3 Å². The van der Waals surface area contributed by atoms with Gasteiger partial charge in [-0.2, -0.15) is 11.8 Å². The number of ether oxygens (including phenoxy) is 1. The SMILES string of the molecule is CCC(C)NCC(C)SCC1CCCO1. The zero-order chi connectivity index (χ0) is 11.1. The zero-order valence-electron chi connectivity index (χ0n) is 10.3. The standard InChI is InChI=1S/C12H25NOS/c1-4-10(2)13-8-11(3)15-9-12-6-5-7-14-12/h10-13H,4-9H2,1-3H3. The number of thioether (sulfide) groups is 1. The van der Waals surface area contributed by atoms with Crippen LogP contribution in [0, 0.1) is 0 Å². The van der Waals surface area contributed by atoms with Crippen LogP contribution in [0.4, 0.5) is 0 Å². The predicted molar refractivity (Wildman–Crippen MR) is 68.6 cm³/mol. The van der Waals surface area contributed by atoms with Crippen LogP contribution in [0.1, 0.15) is 40.0 Å². The Bertz CT molecular complexity index is 160. The van der Waals surface area contributed by atoms with Gasteiger partial charge in [-0.1, -0.05) is 13.8 Å². The lowest BCUT2D eigenvalue weighted by atomic mass is 10.2. The summed E-state index contributed by atoms with van der Waals surface area (Å²) < 4.78 is 5.61. The van der Waals surface area contributed by atoms with Gasteiger partial charge >= 0.3 is 0 Å². The first-order valence-electron chi connectivity index (χ1n) is 6.19. The number of nitrogens with one attached hydrogen (secondary N) is 1. The predicted octanol–water partition coefficient (Wildman–Crippen LogP) is 2.68. The van der Waals surface area contributed by atoms with Crippen LogP contribution in [0.2, 0.25) is 0 Å². The molecule has 1 saturated heterocycles. The molecule has 1 aliphatic rings. The number of hydrogen-bond donors (Lipinski definition) is 1. The second-order valence-electron chi connectivity index (χ2n) is 4.50. The highest BCUT2D eigenvalue weighted by molar-refractivity contribution is 7.99. The Balaban J connectivity index is 1.99. The number of rotatable bonds is 7. The van der Waals surface area contributed by atoms with E-state index >= 15 is 0 Å². The van der Waals surface area contributed by atoms with Crippen molar-refractivity contribution in [2.75, 3.05) is 18.9 Å². The Morgan fingerprint density at radius 2 is 2.27 bits per heavy atom.